The minimum Gasteiger partial charge on any atom is -0.508 e. The van der Waals surface area contributed by atoms with Gasteiger partial charge in [0.25, 0.3) is 0 Å². The Morgan fingerprint density at radius 2 is 1.73 bits per heavy atom. The van der Waals surface area contributed by atoms with Crippen LogP contribution in [0.15, 0.2) is 76.9 Å². The summed E-state index contributed by atoms with van der Waals surface area (Å²) in [6.45, 7) is 3.99. The number of nitrogens with zero attached hydrogens (tertiary/aromatic N) is 1. The first kappa shape index (κ1) is 26.7. The molecule has 2 N–H and O–H groups in total. The highest BCUT2D eigenvalue weighted by Crippen LogP contribution is 2.55. The van der Waals surface area contributed by atoms with Gasteiger partial charge in [-0.25, -0.2) is 0 Å². The van der Waals surface area contributed by atoms with Crippen LogP contribution in [0, 0.1) is 17.8 Å². The molecular formula is C33H31NO7. The van der Waals surface area contributed by atoms with Gasteiger partial charge in [0.15, 0.2) is 23.1 Å². The third kappa shape index (κ3) is 4.38. The summed E-state index contributed by atoms with van der Waals surface area (Å²) < 4.78 is 5.62. The molecule has 0 saturated carbocycles. The van der Waals surface area contributed by atoms with Crippen LogP contribution >= 0.6 is 0 Å². The molecule has 0 bridgehead atoms. The fourth-order valence-corrected chi connectivity index (χ4v) is 6.93. The highest BCUT2D eigenvalue weighted by molar-refractivity contribution is 6.23. The average molecular weight is 554 g/mol. The smallest absolute Gasteiger partial charge is 0.233 e. The number of aromatic hydroxyl groups is 2. The zero-order valence-corrected chi connectivity index (χ0v) is 22.9. The van der Waals surface area contributed by atoms with Crippen molar-refractivity contribution >= 4 is 23.4 Å². The predicted molar refractivity (Wildman–Crippen MR) is 149 cm³/mol. The van der Waals surface area contributed by atoms with Crippen molar-refractivity contribution in [2.45, 2.75) is 39.0 Å². The fraction of sp³-hybridized carbons (Fsp3) is 0.333. The number of Topliss-reactive ketones (excluding diaryl/α,β-unsaturated/α-hetero) is 1. The van der Waals surface area contributed by atoms with E-state index in [9.17, 15) is 29.4 Å². The van der Waals surface area contributed by atoms with Gasteiger partial charge in [0.05, 0.1) is 18.4 Å². The van der Waals surface area contributed by atoms with E-state index < -0.39 is 23.7 Å². The van der Waals surface area contributed by atoms with Crippen LogP contribution in [-0.4, -0.2) is 51.6 Å². The zero-order chi connectivity index (χ0) is 29.0. The summed E-state index contributed by atoms with van der Waals surface area (Å²) >= 11 is 0. The molecule has 4 atom stereocenters. The molecule has 4 aliphatic rings. The number of likely N-dealkylation sites (tertiary alicyclic amines) is 1. The van der Waals surface area contributed by atoms with Gasteiger partial charge in [-0.2, -0.15) is 0 Å². The SMILES string of the molecule is CCOc1cc(C2C3=CCC4C(=O)N(CCc5ccc(O)cc5)C(=O)C4C3CC3=C2C(=O)C=C(C)C3=O)ccc1O. The molecular weight excluding hydrogens is 522 g/mol. The number of hydrogen-bond donors (Lipinski definition) is 2. The molecule has 0 aromatic heterocycles. The molecule has 4 unspecified atom stereocenters. The van der Waals surface area contributed by atoms with E-state index in [2.05, 4.69) is 0 Å². The van der Waals surface area contributed by atoms with Gasteiger partial charge in [0.2, 0.25) is 11.8 Å². The number of hydrogen-bond acceptors (Lipinski definition) is 7. The van der Waals surface area contributed by atoms with Gasteiger partial charge >= 0.3 is 0 Å². The number of rotatable bonds is 6. The number of ether oxygens (including phenoxy) is 1. The number of amides is 2. The first-order valence-corrected chi connectivity index (χ1v) is 14.0. The quantitative estimate of drug-likeness (QED) is 0.313. The second-order valence-electron chi connectivity index (χ2n) is 11.1. The number of fused-ring (bicyclic) bond motifs is 3. The summed E-state index contributed by atoms with van der Waals surface area (Å²) in [5.41, 5.74) is 3.59. The first-order valence-electron chi connectivity index (χ1n) is 14.0. The van der Waals surface area contributed by atoms with Crippen molar-refractivity contribution in [2.75, 3.05) is 13.2 Å². The molecule has 3 aliphatic carbocycles. The fourth-order valence-electron chi connectivity index (χ4n) is 6.93. The number of ketones is 2. The van der Waals surface area contributed by atoms with Gasteiger partial charge in [-0.15, -0.1) is 0 Å². The second kappa shape index (κ2) is 10.2. The topological polar surface area (TPSA) is 121 Å². The Kier molecular flexibility index (Phi) is 6.64. The lowest BCUT2D eigenvalue weighted by atomic mass is 9.59. The maximum absolute atomic E-state index is 13.9. The van der Waals surface area contributed by atoms with Crippen LogP contribution in [0.3, 0.4) is 0 Å². The minimum atomic E-state index is -0.628. The Morgan fingerprint density at radius 1 is 0.976 bits per heavy atom. The lowest BCUT2D eigenvalue weighted by Crippen LogP contribution is -2.40. The molecule has 2 aromatic rings. The van der Waals surface area contributed by atoms with Gasteiger partial charge in [0.1, 0.15) is 5.75 Å². The minimum absolute atomic E-state index is 0.0301. The maximum atomic E-state index is 13.9. The monoisotopic (exact) mass is 553 g/mol. The molecule has 1 heterocycles. The van der Waals surface area contributed by atoms with Crippen LogP contribution in [0.1, 0.15) is 43.7 Å². The summed E-state index contributed by atoms with van der Waals surface area (Å²) in [6.07, 6.45) is 4.40. The Labute approximate surface area is 237 Å². The van der Waals surface area contributed by atoms with E-state index in [1.54, 1.807) is 50.2 Å². The number of benzene rings is 2. The van der Waals surface area contributed by atoms with Crippen molar-refractivity contribution in [2.24, 2.45) is 17.8 Å². The summed E-state index contributed by atoms with van der Waals surface area (Å²) in [5.74, 6) is -2.69. The molecule has 1 saturated heterocycles. The number of phenolic OH excluding ortho intramolecular Hbond substituents is 2. The molecule has 0 spiro atoms. The van der Waals surface area contributed by atoms with Crippen LogP contribution in [0.5, 0.6) is 17.2 Å². The van der Waals surface area contributed by atoms with E-state index >= 15 is 0 Å². The van der Waals surface area contributed by atoms with Crippen molar-refractivity contribution < 1.29 is 34.1 Å². The van der Waals surface area contributed by atoms with Crippen LogP contribution in [0.4, 0.5) is 0 Å². The van der Waals surface area contributed by atoms with E-state index in [1.807, 2.05) is 6.08 Å². The lowest BCUT2D eigenvalue weighted by Gasteiger charge is -2.42. The molecule has 2 amide bonds. The summed E-state index contributed by atoms with van der Waals surface area (Å²) in [7, 11) is 0. The molecule has 1 aliphatic heterocycles. The van der Waals surface area contributed by atoms with Crippen molar-refractivity contribution in [1.82, 2.24) is 4.90 Å². The summed E-state index contributed by atoms with van der Waals surface area (Å²) in [5, 5.41) is 19.9. The molecule has 41 heavy (non-hydrogen) atoms. The Balaban J connectivity index is 1.39. The molecule has 210 valence electrons. The van der Waals surface area contributed by atoms with E-state index in [0.29, 0.717) is 41.7 Å². The van der Waals surface area contributed by atoms with Crippen LogP contribution in [0.2, 0.25) is 0 Å². The van der Waals surface area contributed by atoms with Crippen molar-refractivity contribution in [3.63, 3.8) is 0 Å². The first-order chi connectivity index (χ1) is 19.7. The number of carbonyl (C=O) groups is 4. The van der Waals surface area contributed by atoms with Gasteiger partial charge in [-0.1, -0.05) is 29.8 Å². The highest BCUT2D eigenvalue weighted by atomic mass is 16.5. The van der Waals surface area contributed by atoms with Gasteiger partial charge in [0, 0.05) is 29.2 Å². The van der Waals surface area contributed by atoms with E-state index in [1.165, 1.54) is 17.0 Å². The normalized spacial score (nSPS) is 25.5. The largest absolute Gasteiger partial charge is 0.508 e. The number of imide groups is 1. The number of allylic oxidation sites excluding steroid dienone is 6. The highest BCUT2D eigenvalue weighted by Gasteiger charge is 2.56. The number of carbonyl (C=O) groups excluding carboxylic acids is 4. The number of phenols is 2. The third-order valence-electron chi connectivity index (χ3n) is 8.83. The maximum Gasteiger partial charge on any atom is 0.233 e. The van der Waals surface area contributed by atoms with Crippen molar-refractivity contribution in [3.05, 3.63) is 88.0 Å². The molecule has 0 radical (unpaired) electrons. The molecule has 2 aromatic carbocycles. The molecule has 8 heteroatoms. The average Bonchev–Trinajstić information content (AvgIpc) is 3.20. The van der Waals surface area contributed by atoms with Gasteiger partial charge in [-0.3, -0.25) is 24.1 Å². The zero-order valence-electron chi connectivity index (χ0n) is 22.9. The molecule has 1 fully saturated rings. The van der Waals surface area contributed by atoms with Crippen LogP contribution in [0.25, 0.3) is 0 Å². The summed E-state index contributed by atoms with van der Waals surface area (Å²) in [4.78, 5) is 55.6. The van der Waals surface area contributed by atoms with Crippen molar-refractivity contribution in [3.8, 4) is 17.2 Å². The van der Waals surface area contributed by atoms with Crippen molar-refractivity contribution in [1.29, 1.82) is 0 Å². The van der Waals surface area contributed by atoms with Gasteiger partial charge in [-0.05, 0) is 80.5 Å². The van der Waals surface area contributed by atoms with E-state index in [4.69, 9.17) is 4.74 Å². The summed E-state index contributed by atoms with van der Waals surface area (Å²) in [6, 6.07) is 11.6. The van der Waals surface area contributed by atoms with E-state index in [0.717, 1.165) is 11.1 Å². The Hall–Kier alpha value is -4.46. The molecule has 8 nitrogen and oxygen atoms in total. The Morgan fingerprint density at radius 3 is 2.46 bits per heavy atom. The van der Waals surface area contributed by atoms with Crippen LogP contribution in [-0.2, 0) is 25.6 Å². The van der Waals surface area contributed by atoms with Gasteiger partial charge < -0.3 is 14.9 Å². The Bertz CT molecular complexity index is 1580. The predicted octanol–water partition coefficient (Wildman–Crippen LogP) is 4.17. The lowest BCUT2D eigenvalue weighted by molar-refractivity contribution is -0.140. The van der Waals surface area contributed by atoms with Crippen LogP contribution < -0.4 is 4.74 Å². The standard InChI is InChI=1S/C33H31NO7/c1-3-41-27-15-19(6-11-25(27)36)28-21-9-10-22-29(23(21)16-24-30(28)26(37)14-17(2)31(24)38)33(40)34(32(22)39)13-12-18-4-7-20(35)8-5-18/h4-9,11,14-15,22-23,28-29,35-36H,3,10,12-13,16H2,1-2H3. The van der Waals surface area contributed by atoms with E-state index in [-0.39, 0.29) is 53.6 Å². The molecule has 6 rings (SSSR count). The third-order valence-corrected chi connectivity index (χ3v) is 8.83. The second-order valence-corrected chi connectivity index (χ2v) is 11.1.